The van der Waals surface area contributed by atoms with Crippen LogP contribution in [0.1, 0.15) is 37.0 Å². The highest BCUT2D eigenvalue weighted by Gasteiger charge is 2.34. The summed E-state index contributed by atoms with van der Waals surface area (Å²) >= 11 is 0. The molecule has 0 fully saturated rings. The van der Waals surface area contributed by atoms with Gasteiger partial charge < -0.3 is 10.2 Å². The number of benzene rings is 3. The van der Waals surface area contributed by atoms with E-state index in [-0.39, 0.29) is 17.3 Å². The van der Waals surface area contributed by atoms with Gasteiger partial charge in [0.15, 0.2) is 0 Å². The molecule has 3 rings (SSSR count). The van der Waals surface area contributed by atoms with Gasteiger partial charge in [-0.1, -0.05) is 67.6 Å². The fraction of sp³-hybridized carbons (Fsp3) is 0.310. The molecule has 0 aliphatic carbocycles. The third kappa shape index (κ3) is 6.57. The van der Waals surface area contributed by atoms with E-state index >= 15 is 0 Å². The van der Waals surface area contributed by atoms with Gasteiger partial charge in [0.2, 0.25) is 11.8 Å². The van der Waals surface area contributed by atoms with Gasteiger partial charge in [-0.15, -0.1) is 0 Å². The van der Waals surface area contributed by atoms with E-state index in [1.165, 1.54) is 17.0 Å². The Hall–Kier alpha value is -3.65. The van der Waals surface area contributed by atoms with E-state index in [2.05, 4.69) is 5.32 Å². The number of anilines is 1. The van der Waals surface area contributed by atoms with E-state index < -0.39 is 28.5 Å². The fourth-order valence-corrected chi connectivity index (χ4v) is 5.72. The lowest BCUT2D eigenvalue weighted by Crippen LogP contribution is -2.52. The zero-order chi connectivity index (χ0) is 27.0. The molecule has 7 nitrogen and oxygen atoms in total. The van der Waals surface area contributed by atoms with Crippen LogP contribution in [0.5, 0.6) is 0 Å². The van der Waals surface area contributed by atoms with Gasteiger partial charge in [-0.25, -0.2) is 8.42 Å². The molecule has 0 unspecified atom stereocenters. The zero-order valence-corrected chi connectivity index (χ0v) is 22.7. The molecule has 37 heavy (non-hydrogen) atoms. The second kappa shape index (κ2) is 12.5. The van der Waals surface area contributed by atoms with Crippen molar-refractivity contribution in [1.82, 2.24) is 10.2 Å². The van der Waals surface area contributed by atoms with Crippen LogP contribution in [0.15, 0.2) is 83.8 Å². The molecule has 0 spiro atoms. The number of carbonyl (C=O) groups excluding carboxylic acids is 2. The number of hydrogen-bond acceptors (Lipinski definition) is 4. The third-order valence-corrected chi connectivity index (χ3v) is 8.16. The van der Waals surface area contributed by atoms with Crippen molar-refractivity contribution < 1.29 is 18.0 Å². The standard InChI is InChI=1S/C29H35N3O4S/c1-5-26(29(34)30-6-2)31(20-24-15-9-7-10-16-24)28(33)21-32(27-19-13-14-22(3)23(27)4)37(35,36)25-17-11-8-12-18-25/h7-19,26H,5-6,20-21H2,1-4H3,(H,30,34)/t26-/m1/s1. The SMILES string of the molecule is CCNC(=O)[C@@H](CC)N(Cc1ccccc1)C(=O)CN(c1cccc(C)c1C)S(=O)(=O)c1ccccc1. The predicted octanol–water partition coefficient (Wildman–Crippen LogP) is 4.44. The fourth-order valence-electron chi connectivity index (χ4n) is 4.23. The minimum atomic E-state index is -4.07. The highest BCUT2D eigenvalue weighted by Crippen LogP contribution is 2.29. The summed E-state index contributed by atoms with van der Waals surface area (Å²) in [6, 6.07) is 22.1. The number of amides is 2. The molecule has 0 heterocycles. The van der Waals surface area contributed by atoms with Gasteiger partial charge in [0.05, 0.1) is 10.6 Å². The first-order valence-corrected chi connectivity index (χ1v) is 13.9. The first-order valence-electron chi connectivity index (χ1n) is 12.5. The monoisotopic (exact) mass is 521 g/mol. The Kier molecular flexibility index (Phi) is 9.47. The summed E-state index contributed by atoms with van der Waals surface area (Å²) in [5, 5.41) is 2.81. The number of nitrogens with zero attached hydrogens (tertiary/aromatic N) is 2. The summed E-state index contributed by atoms with van der Waals surface area (Å²) in [7, 11) is -4.07. The van der Waals surface area contributed by atoms with Crippen molar-refractivity contribution >= 4 is 27.5 Å². The van der Waals surface area contributed by atoms with Crippen LogP contribution >= 0.6 is 0 Å². The zero-order valence-electron chi connectivity index (χ0n) is 21.8. The summed E-state index contributed by atoms with van der Waals surface area (Å²) in [5.74, 6) is -0.721. The smallest absolute Gasteiger partial charge is 0.264 e. The lowest BCUT2D eigenvalue weighted by atomic mass is 10.1. The Bertz CT molecular complexity index is 1310. The van der Waals surface area contributed by atoms with Crippen molar-refractivity contribution in [3.63, 3.8) is 0 Å². The van der Waals surface area contributed by atoms with Gasteiger partial charge in [0.25, 0.3) is 10.0 Å². The highest BCUT2D eigenvalue weighted by atomic mass is 32.2. The molecule has 196 valence electrons. The molecule has 0 saturated carbocycles. The van der Waals surface area contributed by atoms with Crippen LogP contribution in [0.3, 0.4) is 0 Å². The Morgan fingerprint density at radius 2 is 1.49 bits per heavy atom. The van der Waals surface area contributed by atoms with Gasteiger partial charge in [0, 0.05) is 13.1 Å². The molecule has 8 heteroatoms. The molecular formula is C29H35N3O4S. The number of hydrogen-bond donors (Lipinski definition) is 1. The van der Waals surface area contributed by atoms with Gasteiger partial charge >= 0.3 is 0 Å². The van der Waals surface area contributed by atoms with Crippen LogP contribution in [0.2, 0.25) is 0 Å². The Labute approximate surface area is 220 Å². The van der Waals surface area contributed by atoms with E-state index in [1.54, 1.807) is 30.3 Å². The average Bonchev–Trinajstić information content (AvgIpc) is 2.90. The van der Waals surface area contributed by atoms with Gasteiger partial charge in [-0.2, -0.15) is 0 Å². The van der Waals surface area contributed by atoms with Gasteiger partial charge in [-0.3, -0.25) is 13.9 Å². The molecule has 0 aliphatic rings. The number of sulfonamides is 1. The first kappa shape index (κ1) is 27.9. The second-order valence-electron chi connectivity index (χ2n) is 8.87. The second-order valence-corrected chi connectivity index (χ2v) is 10.7. The van der Waals surface area contributed by atoms with Crippen molar-refractivity contribution in [3.8, 4) is 0 Å². The van der Waals surface area contributed by atoms with Crippen molar-refractivity contribution in [3.05, 3.63) is 95.6 Å². The molecule has 0 bridgehead atoms. The van der Waals surface area contributed by atoms with Crippen molar-refractivity contribution in [2.45, 2.75) is 51.6 Å². The molecule has 0 aromatic heterocycles. The van der Waals surface area contributed by atoms with Crippen LogP contribution in [0.4, 0.5) is 5.69 Å². The average molecular weight is 522 g/mol. The number of likely N-dealkylation sites (N-methyl/N-ethyl adjacent to an activating group) is 1. The molecular weight excluding hydrogens is 486 g/mol. The number of rotatable bonds is 11. The first-order chi connectivity index (χ1) is 17.7. The van der Waals surface area contributed by atoms with E-state index in [4.69, 9.17) is 0 Å². The van der Waals surface area contributed by atoms with Crippen molar-refractivity contribution in [1.29, 1.82) is 0 Å². The molecule has 0 radical (unpaired) electrons. The topological polar surface area (TPSA) is 86.8 Å². The molecule has 3 aromatic carbocycles. The van der Waals surface area contributed by atoms with Crippen LogP contribution in [-0.4, -0.2) is 44.3 Å². The largest absolute Gasteiger partial charge is 0.355 e. The lowest BCUT2D eigenvalue weighted by Gasteiger charge is -2.33. The molecule has 0 aliphatic heterocycles. The maximum atomic E-state index is 14.0. The minimum absolute atomic E-state index is 0.0917. The Morgan fingerprint density at radius 3 is 2.08 bits per heavy atom. The van der Waals surface area contributed by atoms with E-state index in [0.717, 1.165) is 21.0 Å². The van der Waals surface area contributed by atoms with Crippen LogP contribution < -0.4 is 9.62 Å². The molecule has 1 atom stereocenters. The molecule has 1 N–H and O–H groups in total. The Balaban J connectivity index is 2.08. The van der Waals surface area contributed by atoms with Gasteiger partial charge in [0.1, 0.15) is 12.6 Å². The number of carbonyl (C=O) groups is 2. The minimum Gasteiger partial charge on any atom is -0.355 e. The quantitative estimate of drug-likeness (QED) is 0.404. The summed E-state index contributed by atoms with van der Waals surface area (Å²) in [5.41, 5.74) is 2.96. The van der Waals surface area contributed by atoms with Crippen molar-refractivity contribution in [2.75, 3.05) is 17.4 Å². The molecule has 2 amide bonds. The summed E-state index contributed by atoms with van der Waals surface area (Å²) in [6.07, 6.45) is 0.388. The maximum Gasteiger partial charge on any atom is 0.264 e. The normalized spacial score (nSPS) is 12.0. The van der Waals surface area contributed by atoms with Crippen molar-refractivity contribution in [2.24, 2.45) is 0 Å². The highest BCUT2D eigenvalue weighted by molar-refractivity contribution is 7.92. The van der Waals surface area contributed by atoms with E-state index in [0.29, 0.717) is 18.7 Å². The lowest BCUT2D eigenvalue weighted by molar-refractivity contribution is -0.140. The summed E-state index contributed by atoms with van der Waals surface area (Å²) < 4.78 is 28.9. The third-order valence-electron chi connectivity index (χ3n) is 6.39. The van der Waals surface area contributed by atoms with Crippen LogP contribution in [-0.2, 0) is 26.2 Å². The van der Waals surface area contributed by atoms with Crippen LogP contribution in [0, 0.1) is 13.8 Å². The molecule has 3 aromatic rings. The van der Waals surface area contributed by atoms with E-state index in [1.807, 2.05) is 64.1 Å². The maximum absolute atomic E-state index is 14.0. The summed E-state index contributed by atoms with van der Waals surface area (Å²) in [4.78, 5) is 28.5. The molecule has 0 saturated heterocycles. The van der Waals surface area contributed by atoms with Gasteiger partial charge in [-0.05, 0) is 62.1 Å². The van der Waals surface area contributed by atoms with E-state index in [9.17, 15) is 18.0 Å². The summed E-state index contributed by atoms with van der Waals surface area (Å²) in [6.45, 7) is 7.58. The predicted molar refractivity (Wildman–Crippen MR) is 147 cm³/mol. The number of aryl methyl sites for hydroxylation is 1. The van der Waals surface area contributed by atoms with Crippen LogP contribution in [0.25, 0.3) is 0 Å². The Morgan fingerprint density at radius 1 is 0.865 bits per heavy atom. The number of nitrogens with one attached hydrogen (secondary N) is 1.